The minimum atomic E-state index is -0.151. The van der Waals surface area contributed by atoms with Crippen molar-refractivity contribution >= 4 is 0 Å². The highest BCUT2D eigenvalue weighted by Crippen LogP contribution is 2.10. The third-order valence-electron chi connectivity index (χ3n) is 2.34. The van der Waals surface area contributed by atoms with Crippen LogP contribution in [0.1, 0.15) is 39.5 Å². The van der Waals surface area contributed by atoms with Gasteiger partial charge in [0.1, 0.15) is 0 Å². The topological polar surface area (TPSA) is 44.5 Å². The molecule has 14 heavy (non-hydrogen) atoms. The molecule has 0 radical (unpaired) electrons. The maximum Gasteiger partial charge on any atom is 0.0483 e. The third-order valence-corrected chi connectivity index (χ3v) is 2.34. The van der Waals surface area contributed by atoms with Crippen LogP contribution in [0.5, 0.6) is 0 Å². The van der Waals surface area contributed by atoms with Crippen molar-refractivity contribution in [2.24, 2.45) is 5.73 Å². The Labute approximate surface area is 88.0 Å². The molecule has 0 aliphatic carbocycles. The van der Waals surface area contributed by atoms with Gasteiger partial charge in [-0.3, -0.25) is 0 Å². The molecule has 86 valence electrons. The van der Waals surface area contributed by atoms with Crippen LogP contribution in [0.4, 0.5) is 0 Å². The molecule has 1 atom stereocenters. The SMILES string of the molecule is CCCCOCCC(C)(N)CCOC. The number of nitrogens with two attached hydrogens (primary N) is 1. The van der Waals surface area contributed by atoms with E-state index in [0.717, 1.165) is 39.1 Å². The summed E-state index contributed by atoms with van der Waals surface area (Å²) in [6.07, 6.45) is 4.11. The van der Waals surface area contributed by atoms with Gasteiger partial charge < -0.3 is 15.2 Å². The smallest absolute Gasteiger partial charge is 0.0483 e. The maximum atomic E-state index is 6.06. The van der Waals surface area contributed by atoms with Crippen LogP contribution in [0.25, 0.3) is 0 Å². The first kappa shape index (κ1) is 13.9. The van der Waals surface area contributed by atoms with Crippen LogP contribution < -0.4 is 5.73 Å². The van der Waals surface area contributed by atoms with Crippen LogP contribution in [-0.4, -0.2) is 32.5 Å². The summed E-state index contributed by atoms with van der Waals surface area (Å²) >= 11 is 0. The molecule has 0 aromatic rings. The molecule has 1 unspecified atom stereocenters. The minimum Gasteiger partial charge on any atom is -0.385 e. The standard InChI is InChI=1S/C11H25NO2/c1-4-5-8-14-10-7-11(2,12)6-9-13-3/h4-10,12H2,1-3H3. The quantitative estimate of drug-likeness (QED) is 0.582. The van der Waals surface area contributed by atoms with E-state index in [0.29, 0.717) is 0 Å². The largest absolute Gasteiger partial charge is 0.385 e. The number of methoxy groups -OCH3 is 1. The molecule has 0 bridgehead atoms. The lowest BCUT2D eigenvalue weighted by atomic mass is 9.96. The fourth-order valence-corrected chi connectivity index (χ4v) is 1.11. The summed E-state index contributed by atoms with van der Waals surface area (Å²) in [6.45, 7) is 6.56. The van der Waals surface area contributed by atoms with E-state index in [4.69, 9.17) is 15.2 Å². The predicted octanol–water partition coefficient (Wildman–Crippen LogP) is 1.95. The van der Waals surface area contributed by atoms with Gasteiger partial charge in [0.25, 0.3) is 0 Å². The zero-order valence-corrected chi connectivity index (χ0v) is 9.84. The molecule has 3 nitrogen and oxygen atoms in total. The molecule has 0 saturated carbocycles. The number of unbranched alkanes of at least 4 members (excludes halogenated alkanes) is 1. The summed E-state index contributed by atoms with van der Waals surface area (Å²) in [6, 6.07) is 0. The van der Waals surface area contributed by atoms with Gasteiger partial charge >= 0.3 is 0 Å². The van der Waals surface area contributed by atoms with E-state index in [1.807, 2.05) is 0 Å². The molecule has 2 N–H and O–H groups in total. The molecule has 0 saturated heterocycles. The van der Waals surface area contributed by atoms with Gasteiger partial charge in [0.2, 0.25) is 0 Å². The second kappa shape index (κ2) is 8.21. The lowest BCUT2D eigenvalue weighted by Crippen LogP contribution is -2.38. The van der Waals surface area contributed by atoms with Gasteiger partial charge in [0.05, 0.1) is 0 Å². The Kier molecular flexibility index (Phi) is 8.14. The van der Waals surface area contributed by atoms with E-state index in [1.54, 1.807) is 7.11 Å². The van der Waals surface area contributed by atoms with Crippen LogP contribution >= 0.6 is 0 Å². The third kappa shape index (κ3) is 8.48. The van der Waals surface area contributed by atoms with Crippen molar-refractivity contribution < 1.29 is 9.47 Å². The Hall–Kier alpha value is -0.120. The minimum absolute atomic E-state index is 0.151. The number of hydrogen-bond donors (Lipinski definition) is 1. The average Bonchev–Trinajstić information content (AvgIpc) is 2.15. The summed E-state index contributed by atoms with van der Waals surface area (Å²) < 4.78 is 10.5. The van der Waals surface area contributed by atoms with Crippen LogP contribution in [-0.2, 0) is 9.47 Å². The van der Waals surface area contributed by atoms with Gasteiger partial charge in [0, 0.05) is 32.5 Å². The molecule has 0 aliphatic heterocycles. The van der Waals surface area contributed by atoms with Gasteiger partial charge in [-0.25, -0.2) is 0 Å². The van der Waals surface area contributed by atoms with Gasteiger partial charge in [-0.1, -0.05) is 13.3 Å². The van der Waals surface area contributed by atoms with Crippen LogP contribution in [0.2, 0.25) is 0 Å². The molecular weight excluding hydrogens is 178 g/mol. The van der Waals surface area contributed by atoms with Gasteiger partial charge in [-0.05, 0) is 26.2 Å². The zero-order valence-electron chi connectivity index (χ0n) is 9.84. The Morgan fingerprint density at radius 2 is 1.79 bits per heavy atom. The molecule has 0 rings (SSSR count). The Morgan fingerprint density at radius 1 is 1.14 bits per heavy atom. The van der Waals surface area contributed by atoms with E-state index in [2.05, 4.69) is 13.8 Å². The maximum absolute atomic E-state index is 6.06. The number of hydrogen-bond acceptors (Lipinski definition) is 3. The molecule has 0 spiro atoms. The fourth-order valence-electron chi connectivity index (χ4n) is 1.11. The van der Waals surface area contributed by atoms with Crippen LogP contribution in [0.3, 0.4) is 0 Å². The van der Waals surface area contributed by atoms with Crippen molar-refractivity contribution in [2.75, 3.05) is 26.9 Å². The van der Waals surface area contributed by atoms with Crippen molar-refractivity contribution in [3.63, 3.8) is 0 Å². The second-order valence-electron chi connectivity index (χ2n) is 4.11. The molecule has 0 heterocycles. The predicted molar refractivity (Wildman–Crippen MR) is 59.4 cm³/mol. The first-order valence-corrected chi connectivity index (χ1v) is 5.48. The second-order valence-corrected chi connectivity index (χ2v) is 4.11. The fraction of sp³-hybridized carbons (Fsp3) is 1.00. The molecule has 0 amide bonds. The normalized spacial score (nSPS) is 15.4. The monoisotopic (exact) mass is 203 g/mol. The summed E-state index contributed by atoms with van der Waals surface area (Å²) in [5, 5.41) is 0. The lowest BCUT2D eigenvalue weighted by molar-refractivity contribution is 0.103. The van der Waals surface area contributed by atoms with E-state index in [-0.39, 0.29) is 5.54 Å². The van der Waals surface area contributed by atoms with Gasteiger partial charge in [0.15, 0.2) is 0 Å². The highest BCUT2D eigenvalue weighted by Gasteiger charge is 2.17. The number of ether oxygens (including phenoxy) is 2. The summed E-state index contributed by atoms with van der Waals surface area (Å²) in [5.74, 6) is 0. The van der Waals surface area contributed by atoms with Gasteiger partial charge in [-0.2, -0.15) is 0 Å². The Morgan fingerprint density at radius 3 is 2.36 bits per heavy atom. The van der Waals surface area contributed by atoms with E-state index >= 15 is 0 Å². The lowest BCUT2D eigenvalue weighted by Gasteiger charge is -2.23. The summed E-state index contributed by atoms with van der Waals surface area (Å²) in [5.41, 5.74) is 5.91. The first-order valence-electron chi connectivity index (χ1n) is 5.48. The van der Waals surface area contributed by atoms with E-state index < -0.39 is 0 Å². The molecule has 0 fully saturated rings. The number of rotatable bonds is 9. The van der Waals surface area contributed by atoms with E-state index in [1.165, 1.54) is 6.42 Å². The zero-order chi connectivity index (χ0) is 10.9. The first-order chi connectivity index (χ1) is 6.62. The highest BCUT2D eigenvalue weighted by molar-refractivity contribution is 4.77. The highest BCUT2D eigenvalue weighted by atomic mass is 16.5. The van der Waals surface area contributed by atoms with Crippen molar-refractivity contribution in [1.82, 2.24) is 0 Å². The molecule has 0 aliphatic rings. The molecule has 3 heteroatoms. The van der Waals surface area contributed by atoms with Crippen molar-refractivity contribution in [3.05, 3.63) is 0 Å². The molecule has 0 aromatic carbocycles. The van der Waals surface area contributed by atoms with Crippen molar-refractivity contribution in [3.8, 4) is 0 Å². The Bertz CT molecular complexity index is 126. The summed E-state index contributed by atoms with van der Waals surface area (Å²) in [7, 11) is 1.70. The van der Waals surface area contributed by atoms with Crippen molar-refractivity contribution in [1.29, 1.82) is 0 Å². The molecular formula is C11H25NO2. The van der Waals surface area contributed by atoms with Crippen LogP contribution in [0.15, 0.2) is 0 Å². The average molecular weight is 203 g/mol. The molecule has 0 aromatic heterocycles. The van der Waals surface area contributed by atoms with Crippen molar-refractivity contribution in [2.45, 2.75) is 45.1 Å². The Balaban J connectivity index is 3.35. The van der Waals surface area contributed by atoms with Crippen LogP contribution in [0, 0.1) is 0 Å². The van der Waals surface area contributed by atoms with Gasteiger partial charge in [-0.15, -0.1) is 0 Å². The summed E-state index contributed by atoms with van der Waals surface area (Å²) in [4.78, 5) is 0. The van der Waals surface area contributed by atoms with E-state index in [9.17, 15) is 0 Å².